The number of aliphatic hydroxyl groups is 1. The summed E-state index contributed by atoms with van der Waals surface area (Å²) in [6.45, 7) is 6.08. The quantitative estimate of drug-likeness (QED) is 0.0182. The second-order valence-corrected chi connectivity index (χ2v) is 23.1. The Morgan fingerprint density at radius 1 is 0.658 bits per heavy atom. The third-order valence-corrected chi connectivity index (χ3v) is 14.5. The van der Waals surface area contributed by atoms with Gasteiger partial charge in [0.15, 0.2) is 12.4 Å². The first-order valence-corrected chi connectivity index (χ1v) is 31.4. The number of unbranched alkanes of at least 4 members (excludes halogenated alkanes) is 19. The molecule has 1 fully saturated rings. The van der Waals surface area contributed by atoms with E-state index in [1.165, 1.54) is 103 Å². The Bertz CT molecular complexity index is 1920. The third kappa shape index (κ3) is 37.9. The molecule has 445 valence electrons. The standard InChI is InChI=1S/C46H66NO11P.C14H28O.CCl3.Y/c1-4-6-7-8-9-10-11-12-22-30-39(52-3)31-42(49)57-45-43(47-41(48)23-5-2)46(50)56-40(35-53-32-36-24-16-13-17-25-36)44(45)58-59(51,54-33-37-26-18-14-19-27-37)55-34-38-28-20-15-21-29-38;1-2-3-4-5-6-7-8-9-10-11-12-13-14-15;2-1(3)4;/h13-21,24-29,39-40,43-46,50H,4-12,22-23,30-35H2,1-3H3,(H,47,48);14H,2-13H2,1H3;;/q;;-1;/t39?,40?,43?,44?,45-,46?;;;/m0.../s1. The fourth-order valence-electron chi connectivity index (χ4n) is 8.79. The Morgan fingerprint density at radius 3 is 1.52 bits per heavy atom. The van der Waals surface area contributed by atoms with E-state index in [1.54, 1.807) is 7.11 Å². The maximum absolute atomic E-state index is 14.8. The van der Waals surface area contributed by atoms with Crippen LogP contribution in [0.2, 0.25) is 0 Å². The molecule has 1 saturated heterocycles. The van der Waals surface area contributed by atoms with Crippen molar-refractivity contribution < 1.29 is 89.3 Å². The van der Waals surface area contributed by atoms with Gasteiger partial charge in [-0.25, -0.2) is 4.57 Å². The van der Waals surface area contributed by atoms with Crippen LogP contribution in [0.25, 0.3) is 0 Å². The first kappa shape index (κ1) is 75.2. The predicted molar refractivity (Wildman–Crippen MR) is 314 cm³/mol. The molecule has 1 radical (unpaired) electrons. The molecule has 0 aromatic heterocycles. The molecule has 1 aliphatic rings. The van der Waals surface area contributed by atoms with E-state index in [1.807, 2.05) is 97.9 Å². The second-order valence-electron chi connectivity index (χ2n) is 19.8. The van der Waals surface area contributed by atoms with Crippen LogP contribution < -0.4 is 5.32 Å². The molecule has 0 saturated carbocycles. The van der Waals surface area contributed by atoms with Crippen LogP contribution in [0.15, 0.2) is 91.0 Å². The van der Waals surface area contributed by atoms with Gasteiger partial charge in [-0.2, -0.15) is 0 Å². The number of phosphoric acid groups is 1. The average molecular weight is 1260 g/mol. The van der Waals surface area contributed by atoms with Crippen molar-refractivity contribution in [1.29, 1.82) is 0 Å². The summed E-state index contributed by atoms with van der Waals surface area (Å²) in [5.41, 5.74) is 2.31. The minimum atomic E-state index is -4.53. The summed E-state index contributed by atoms with van der Waals surface area (Å²) in [4.78, 5) is 37.0. The average Bonchev–Trinajstić information content (AvgIpc) is 3.46. The summed E-state index contributed by atoms with van der Waals surface area (Å²) in [7, 11) is -2.97. The van der Waals surface area contributed by atoms with Crippen molar-refractivity contribution in [3.05, 3.63) is 112 Å². The SMILES string of the molecule is CCCCCCCCCCCC(CC(=O)O[C@H]1C(NC(=O)CCC)C(O)OC(COCc2ccccc2)C1OP(=O)(OCc1ccccc1)OCc1ccccc1)OC.CCCCCCCCCCCCCC=O.Cl[C-](Cl)Cl.[Y]. The first-order valence-electron chi connectivity index (χ1n) is 28.8. The summed E-state index contributed by atoms with van der Waals surface area (Å²) in [5.74, 6) is -1.05. The minimum Gasteiger partial charge on any atom is -0.457 e. The topological polar surface area (TPSA) is 165 Å². The van der Waals surface area contributed by atoms with E-state index >= 15 is 0 Å². The summed E-state index contributed by atoms with van der Waals surface area (Å²) < 4.78 is 57.0. The van der Waals surface area contributed by atoms with Crippen molar-refractivity contribution in [1.82, 2.24) is 5.32 Å². The number of carbonyl (C=O) groups excluding carboxylic acids is 3. The Kier molecular flexibility index (Phi) is 47.2. The number of nitrogens with one attached hydrogen (secondary N) is 1. The molecule has 13 nitrogen and oxygen atoms in total. The van der Waals surface area contributed by atoms with E-state index < -0.39 is 56.4 Å². The number of benzene rings is 3. The zero-order valence-corrected chi connectivity index (χ0v) is 53.8. The number of hydrogen-bond donors (Lipinski definition) is 2. The monoisotopic (exact) mass is 1260 g/mol. The number of amides is 1. The number of esters is 1. The zero-order valence-electron chi connectivity index (χ0n) is 47.8. The number of methoxy groups -OCH3 is 1. The molecule has 3 aromatic carbocycles. The molecule has 1 amide bonds. The van der Waals surface area contributed by atoms with Crippen molar-refractivity contribution in [2.45, 2.75) is 238 Å². The van der Waals surface area contributed by atoms with Crippen LogP contribution in [-0.2, 0) is 104 Å². The summed E-state index contributed by atoms with van der Waals surface area (Å²) >= 11 is 14.2. The van der Waals surface area contributed by atoms with Crippen molar-refractivity contribution in [3.63, 3.8) is 0 Å². The Balaban J connectivity index is 0.00000133. The van der Waals surface area contributed by atoms with Gasteiger partial charge in [0.2, 0.25) is 5.91 Å². The van der Waals surface area contributed by atoms with E-state index in [2.05, 4.69) is 19.2 Å². The largest absolute Gasteiger partial charge is 0.475 e. The molecule has 5 unspecified atom stereocenters. The summed E-state index contributed by atoms with van der Waals surface area (Å²) in [5, 5.41) is 14.2. The Morgan fingerprint density at radius 2 is 1.09 bits per heavy atom. The van der Waals surface area contributed by atoms with Gasteiger partial charge in [0, 0.05) is 52.7 Å². The van der Waals surface area contributed by atoms with E-state index in [4.69, 9.17) is 67.3 Å². The third-order valence-electron chi connectivity index (χ3n) is 13.1. The van der Waals surface area contributed by atoms with Gasteiger partial charge in [-0.15, -0.1) is 0 Å². The van der Waals surface area contributed by atoms with E-state index in [-0.39, 0.29) is 76.3 Å². The molecule has 6 atom stereocenters. The summed E-state index contributed by atoms with van der Waals surface area (Å²) in [6.07, 6.45) is 22.4. The van der Waals surface area contributed by atoms with Crippen molar-refractivity contribution in [2.24, 2.45) is 0 Å². The van der Waals surface area contributed by atoms with Crippen LogP contribution >= 0.6 is 42.6 Å². The van der Waals surface area contributed by atoms with Gasteiger partial charge in [0.1, 0.15) is 24.5 Å². The zero-order chi connectivity index (χ0) is 56.9. The van der Waals surface area contributed by atoms with Crippen LogP contribution in [0.1, 0.15) is 198 Å². The van der Waals surface area contributed by atoms with Gasteiger partial charge < -0.3 is 69.0 Å². The Labute approximate surface area is 515 Å². The fraction of sp³-hybridized carbons (Fsp3) is 0.639. The number of aldehydes is 1. The van der Waals surface area contributed by atoms with Crippen molar-refractivity contribution in [2.75, 3.05) is 13.7 Å². The van der Waals surface area contributed by atoms with Gasteiger partial charge in [-0.3, -0.25) is 23.2 Å². The summed E-state index contributed by atoms with van der Waals surface area (Å²) in [6, 6.07) is 26.4. The van der Waals surface area contributed by atoms with Crippen LogP contribution in [0.4, 0.5) is 0 Å². The first-order chi connectivity index (χ1) is 37.9. The molecule has 4 rings (SSSR count). The molecule has 18 heteroatoms. The van der Waals surface area contributed by atoms with Crippen LogP contribution in [-0.4, -0.2) is 73.7 Å². The Hall–Kier alpha value is -1.81. The number of hydrogen-bond acceptors (Lipinski definition) is 12. The van der Waals surface area contributed by atoms with Crippen molar-refractivity contribution >= 4 is 60.8 Å². The predicted octanol–water partition coefficient (Wildman–Crippen LogP) is 16.4. The van der Waals surface area contributed by atoms with E-state index in [0.29, 0.717) is 24.0 Å². The molecule has 3 aromatic rings. The van der Waals surface area contributed by atoms with Crippen LogP contribution in [0, 0.1) is 4.30 Å². The molecule has 79 heavy (non-hydrogen) atoms. The smallest absolute Gasteiger partial charge is 0.457 e. The molecule has 1 aliphatic heterocycles. The van der Waals surface area contributed by atoms with Gasteiger partial charge in [0.25, 0.3) is 0 Å². The maximum atomic E-state index is 14.8. The fourth-order valence-corrected chi connectivity index (χ4v) is 10.2. The number of halogens is 3. The molecule has 2 N–H and O–H groups in total. The van der Waals surface area contributed by atoms with Crippen LogP contribution in [0.3, 0.4) is 0 Å². The second kappa shape index (κ2) is 49.6. The molecule has 0 aliphatic carbocycles. The van der Waals surface area contributed by atoms with Gasteiger partial charge >= 0.3 is 13.8 Å². The van der Waals surface area contributed by atoms with Gasteiger partial charge in [-0.1, -0.05) is 238 Å². The molecule has 1 heterocycles. The van der Waals surface area contributed by atoms with Crippen LogP contribution in [0.5, 0.6) is 0 Å². The minimum absolute atomic E-state index is 0. The maximum Gasteiger partial charge on any atom is 0.475 e. The number of phosphoric ester groups is 1. The molecular formula is C61H94Cl3NO12PY-. The van der Waals surface area contributed by atoms with E-state index in [9.17, 15) is 24.1 Å². The van der Waals surface area contributed by atoms with Crippen molar-refractivity contribution in [3.8, 4) is 0 Å². The normalized spacial score (nSPS) is 17.3. The molecule has 0 spiro atoms. The number of ether oxygens (including phenoxy) is 4. The van der Waals surface area contributed by atoms with E-state index in [0.717, 1.165) is 44.0 Å². The van der Waals surface area contributed by atoms with Gasteiger partial charge in [-0.05, 0) is 36.0 Å². The number of carbonyl (C=O) groups is 3. The molecular weight excluding hydrogens is 1160 g/mol. The number of rotatable bonds is 41. The van der Waals surface area contributed by atoms with Gasteiger partial charge in [0.05, 0.1) is 39.0 Å². The molecule has 0 bridgehead atoms. The number of aliphatic hydroxyl groups excluding tert-OH is 1.